The number of hydrogen-bond acceptors (Lipinski definition) is 6. The monoisotopic (exact) mass is 321 g/mol. The minimum atomic E-state index is -0.530. The summed E-state index contributed by atoms with van der Waals surface area (Å²) in [6.07, 6.45) is 0. The summed E-state index contributed by atoms with van der Waals surface area (Å²) in [7, 11) is 3.03. The molecule has 1 aromatic carbocycles. The molecule has 0 atom stereocenters. The van der Waals surface area contributed by atoms with E-state index in [-0.39, 0.29) is 6.61 Å². The van der Waals surface area contributed by atoms with Crippen LogP contribution in [0.3, 0.4) is 0 Å². The Labute approximate surface area is 131 Å². The number of amides is 1. The maximum atomic E-state index is 11.8. The van der Waals surface area contributed by atoms with Crippen molar-refractivity contribution < 1.29 is 23.8 Å². The van der Waals surface area contributed by atoms with Crippen molar-refractivity contribution in [1.82, 2.24) is 0 Å². The molecule has 116 valence electrons. The quantitative estimate of drug-likeness (QED) is 0.828. The Bertz CT molecular complexity index is 654. The van der Waals surface area contributed by atoms with Crippen LogP contribution in [0, 0.1) is 0 Å². The van der Waals surface area contributed by atoms with Gasteiger partial charge in [0.05, 0.1) is 25.5 Å². The van der Waals surface area contributed by atoms with Crippen LogP contribution in [0.4, 0.5) is 5.69 Å². The zero-order valence-electron chi connectivity index (χ0n) is 12.1. The minimum Gasteiger partial charge on any atom is -0.497 e. The molecule has 1 amide bonds. The summed E-state index contributed by atoms with van der Waals surface area (Å²) in [4.78, 5) is 23.5. The third kappa shape index (κ3) is 3.98. The van der Waals surface area contributed by atoms with Crippen molar-refractivity contribution in [1.29, 1.82) is 0 Å². The lowest BCUT2D eigenvalue weighted by Crippen LogP contribution is -2.21. The van der Waals surface area contributed by atoms with Gasteiger partial charge in [0.2, 0.25) is 0 Å². The molecule has 2 aromatic rings. The number of hydrogen-bond donors (Lipinski definition) is 1. The SMILES string of the molecule is COc1ccc(NC(=O)COC(=O)c2ccsc2)c(OC)c1. The van der Waals surface area contributed by atoms with Gasteiger partial charge in [0.25, 0.3) is 5.91 Å². The average Bonchev–Trinajstić information content (AvgIpc) is 3.07. The van der Waals surface area contributed by atoms with Crippen LogP contribution in [-0.2, 0) is 9.53 Å². The Morgan fingerprint density at radius 2 is 2.00 bits per heavy atom. The van der Waals surface area contributed by atoms with Crippen LogP contribution < -0.4 is 14.8 Å². The fourth-order valence-electron chi connectivity index (χ4n) is 1.68. The summed E-state index contributed by atoms with van der Waals surface area (Å²) < 4.78 is 15.2. The predicted molar refractivity (Wildman–Crippen MR) is 82.8 cm³/mol. The molecule has 22 heavy (non-hydrogen) atoms. The highest BCUT2D eigenvalue weighted by molar-refractivity contribution is 7.08. The molecule has 0 radical (unpaired) electrons. The first-order valence-electron chi connectivity index (χ1n) is 6.35. The lowest BCUT2D eigenvalue weighted by Gasteiger charge is -2.11. The zero-order chi connectivity index (χ0) is 15.9. The highest BCUT2D eigenvalue weighted by Gasteiger charge is 2.12. The van der Waals surface area contributed by atoms with Gasteiger partial charge in [-0.1, -0.05) is 0 Å². The van der Waals surface area contributed by atoms with Gasteiger partial charge in [-0.3, -0.25) is 4.79 Å². The van der Waals surface area contributed by atoms with E-state index in [9.17, 15) is 9.59 Å². The number of anilines is 1. The Kier molecular flexibility index (Phi) is 5.37. The molecular weight excluding hydrogens is 306 g/mol. The molecule has 0 aliphatic carbocycles. The van der Waals surface area contributed by atoms with E-state index in [0.29, 0.717) is 22.7 Å². The molecule has 0 bridgehead atoms. The first-order valence-corrected chi connectivity index (χ1v) is 7.29. The Morgan fingerprint density at radius 3 is 2.64 bits per heavy atom. The van der Waals surface area contributed by atoms with Crippen LogP contribution in [-0.4, -0.2) is 32.7 Å². The average molecular weight is 321 g/mol. The van der Waals surface area contributed by atoms with E-state index in [2.05, 4.69) is 5.32 Å². The van der Waals surface area contributed by atoms with Crippen molar-refractivity contribution in [2.75, 3.05) is 26.1 Å². The fraction of sp³-hybridized carbons (Fsp3) is 0.200. The maximum Gasteiger partial charge on any atom is 0.339 e. The second-order valence-electron chi connectivity index (χ2n) is 4.20. The molecule has 0 aliphatic heterocycles. The van der Waals surface area contributed by atoms with Crippen molar-refractivity contribution >= 4 is 28.9 Å². The Morgan fingerprint density at radius 1 is 1.18 bits per heavy atom. The number of esters is 1. The largest absolute Gasteiger partial charge is 0.497 e. The molecule has 0 fully saturated rings. The van der Waals surface area contributed by atoms with Gasteiger partial charge < -0.3 is 19.5 Å². The molecule has 6 nitrogen and oxygen atoms in total. The maximum absolute atomic E-state index is 11.8. The summed E-state index contributed by atoms with van der Waals surface area (Å²) in [5.41, 5.74) is 0.903. The minimum absolute atomic E-state index is 0.371. The molecule has 7 heteroatoms. The van der Waals surface area contributed by atoms with Gasteiger partial charge in [-0.15, -0.1) is 0 Å². The van der Waals surface area contributed by atoms with E-state index < -0.39 is 11.9 Å². The van der Waals surface area contributed by atoms with Crippen molar-refractivity contribution in [3.8, 4) is 11.5 Å². The second kappa shape index (κ2) is 7.46. The molecule has 1 heterocycles. The Balaban J connectivity index is 1.93. The smallest absolute Gasteiger partial charge is 0.339 e. The van der Waals surface area contributed by atoms with Gasteiger partial charge in [0.15, 0.2) is 6.61 Å². The van der Waals surface area contributed by atoms with Crippen LogP contribution in [0.15, 0.2) is 35.0 Å². The lowest BCUT2D eigenvalue weighted by molar-refractivity contribution is -0.119. The van der Waals surface area contributed by atoms with Crippen LogP contribution in [0.2, 0.25) is 0 Å². The van der Waals surface area contributed by atoms with E-state index in [1.54, 1.807) is 35.0 Å². The van der Waals surface area contributed by atoms with Crippen LogP contribution >= 0.6 is 11.3 Å². The lowest BCUT2D eigenvalue weighted by atomic mass is 10.2. The van der Waals surface area contributed by atoms with Gasteiger partial charge in [0, 0.05) is 11.4 Å². The molecule has 0 saturated heterocycles. The molecule has 0 saturated carbocycles. The number of benzene rings is 1. The van der Waals surface area contributed by atoms with E-state index in [0.717, 1.165) is 0 Å². The number of thiophene rings is 1. The summed E-state index contributed by atoms with van der Waals surface area (Å²) in [6.45, 7) is -0.371. The third-order valence-corrected chi connectivity index (χ3v) is 3.46. The van der Waals surface area contributed by atoms with E-state index in [1.807, 2.05) is 0 Å². The van der Waals surface area contributed by atoms with Crippen molar-refractivity contribution in [3.63, 3.8) is 0 Å². The molecular formula is C15H15NO5S. The van der Waals surface area contributed by atoms with Gasteiger partial charge in [0.1, 0.15) is 11.5 Å². The van der Waals surface area contributed by atoms with E-state index in [4.69, 9.17) is 14.2 Å². The summed E-state index contributed by atoms with van der Waals surface area (Å²) in [6, 6.07) is 6.62. The number of nitrogens with one attached hydrogen (secondary N) is 1. The molecule has 2 rings (SSSR count). The first kappa shape index (κ1) is 15.8. The van der Waals surface area contributed by atoms with E-state index in [1.165, 1.54) is 25.6 Å². The van der Waals surface area contributed by atoms with Crippen LogP contribution in [0.5, 0.6) is 11.5 Å². The zero-order valence-corrected chi connectivity index (χ0v) is 12.9. The number of methoxy groups -OCH3 is 2. The molecule has 0 aliphatic rings. The van der Waals surface area contributed by atoms with Crippen LogP contribution in [0.1, 0.15) is 10.4 Å². The molecule has 1 N–H and O–H groups in total. The van der Waals surface area contributed by atoms with Gasteiger partial charge in [-0.2, -0.15) is 11.3 Å². The topological polar surface area (TPSA) is 73.9 Å². The second-order valence-corrected chi connectivity index (χ2v) is 4.98. The first-order chi connectivity index (χ1) is 10.6. The number of ether oxygens (including phenoxy) is 3. The van der Waals surface area contributed by atoms with Gasteiger partial charge >= 0.3 is 5.97 Å². The molecule has 0 spiro atoms. The van der Waals surface area contributed by atoms with Gasteiger partial charge in [-0.25, -0.2) is 4.79 Å². The van der Waals surface area contributed by atoms with E-state index >= 15 is 0 Å². The highest BCUT2D eigenvalue weighted by Crippen LogP contribution is 2.28. The summed E-state index contributed by atoms with van der Waals surface area (Å²) in [5.74, 6) is 0.0840. The molecule has 1 aromatic heterocycles. The number of rotatable bonds is 6. The predicted octanol–water partition coefficient (Wildman–Crippen LogP) is 2.56. The number of carbonyl (C=O) groups excluding carboxylic acids is 2. The van der Waals surface area contributed by atoms with Crippen molar-refractivity contribution in [3.05, 3.63) is 40.6 Å². The standard InChI is InChI=1S/C15H15NO5S/c1-19-11-3-4-12(13(7-11)20-2)16-14(17)8-21-15(18)10-5-6-22-9-10/h3-7,9H,8H2,1-2H3,(H,16,17). The van der Waals surface area contributed by atoms with Crippen molar-refractivity contribution in [2.45, 2.75) is 0 Å². The number of carbonyl (C=O) groups is 2. The summed E-state index contributed by atoms with van der Waals surface area (Å²) >= 11 is 1.38. The van der Waals surface area contributed by atoms with Crippen LogP contribution in [0.25, 0.3) is 0 Å². The highest BCUT2D eigenvalue weighted by atomic mass is 32.1. The fourth-order valence-corrected chi connectivity index (χ4v) is 2.31. The molecule has 0 unspecified atom stereocenters. The van der Waals surface area contributed by atoms with Crippen molar-refractivity contribution in [2.24, 2.45) is 0 Å². The Hall–Kier alpha value is -2.54. The summed E-state index contributed by atoms with van der Waals surface area (Å²) in [5, 5.41) is 6.04. The normalized spacial score (nSPS) is 9.91. The van der Waals surface area contributed by atoms with Gasteiger partial charge in [-0.05, 0) is 23.6 Å². The third-order valence-electron chi connectivity index (χ3n) is 2.77.